The van der Waals surface area contributed by atoms with Crippen LogP contribution in [0.15, 0.2) is 84.9 Å². The van der Waals surface area contributed by atoms with E-state index in [1.54, 1.807) is 18.2 Å². The maximum atomic E-state index is 12.6. The number of ether oxygens (including phenoxy) is 1. The molecule has 1 amide bonds. The van der Waals surface area contributed by atoms with Gasteiger partial charge in [0.25, 0.3) is 5.91 Å². The Morgan fingerprint density at radius 1 is 0.871 bits per heavy atom. The number of nitrogens with one attached hydrogen (secondary N) is 2. The van der Waals surface area contributed by atoms with E-state index in [1.165, 1.54) is 29.6 Å². The van der Waals surface area contributed by atoms with Crippen molar-refractivity contribution < 1.29 is 9.53 Å². The molecule has 0 aliphatic carbocycles. The number of anilines is 2. The molecule has 2 N–H and O–H groups in total. The summed E-state index contributed by atoms with van der Waals surface area (Å²) in [5, 5.41) is 15.5. The van der Waals surface area contributed by atoms with Crippen LogP contribution in [0.5, 0.6) is 5.75 Å². The number of amides is 1. The topological polar surface area (TPSA) is 76.1 Å². The van der Waals surface area contributed by atoms with Gasteiger partial charge in [-0.3, -0.25) is 10.1 Å². The van der Waals surface area contributed by atoms with Crippen molar-refractivity contribution >= 4 is 27.5 Å². The van der Waals surface area contributed by atoms with Crippen LogP contribution >= 0.6 is 11.3 Å². The summed E-state index contributed by atoms with van der Waals surface area (Å²) < 4.78 is 5.25. The first-order valence-electron chi connectivity index (χ1n) is 9.86. The number of rotatable bonds is 8. The van der Waals surface area contributed by atoms with E-state index in [1.807, 2.05) is 42.5 Å². The zero-order chi connectivity index (χ0) is 21.5. The number of aromatic nitrogens is 2. The molecule has 0 saturated heterocycles. The van der Waals surface area contributed by atoms with Gasteiger partial charge in [-0.2, -0.15) is 0 Å². The molecule has 0 aliphatic heterocycles. The zero-order valence-electron chi connectivity index (χ0n) is 17.0. The van der Waals surface area contributed by atoms with Crippen molar-refractivity contribution in [3.05, 3.63) is 102 Å². The molecule has 1 aromatic heterocycles. The monoisotopic (exact) mass is 430 g/mol. The molecule has 4 rings (SSSR count). The number of para-hydroxylation sites is 1. The van der Waals surface area contributed by atoms with Crippen LogP contribution in [0.2, 0.25) is 0 Å². The number of nitrogens with zero attached hydrogens (tertiary/aromatic N) is 2. The van der Waals surface area contributed by atoms with Crippen LogP contribution < -0.4 is 15.4 Å². The van der Waals surface area contributed by atoms with E-state index >= 15 is 0 Å². The highest BCUT2D eigenvalue weighted by molar-refractivity contribution is 7.19. The average Bonchev–Trinajstić information content (AvgIpc) is 3.27. The van der Waals surface area contributed by atoms with Crippen molar-refractivity contribution in [1.82, 2.24) is 10.2 Å². The molecule has 4 aromatic rings. The number of carbonyl (C=O) groups is 1. The highest BCUT2D eigenvalue weighted by atomic mass is 32.1. The molecule has 31 heavy (non-hydrogen) atoms. The molecule has 0 radical (unpaired) electrons. The van der Waals surface area contributed by atoms with E-state index in [9.17, 15) is 4.79 Å². The summed E-state index contributed by atoms with van der Waals surface area (Å²) in [4.78, 5) is 12.6. The van der Waals surface area contributed by atoms with Gasteiger partial charge in [-0.25, -0.2) is 0 Å². The van der Waals surface area contributed by atoms with Crippen LogP contribution in [-0.4, -0.2) is 29.8 Å². The van der Waals surface area contributed by atoms with Crippen LogP contribution in [-0.2, 0) is 0 Å². The van der Waals surface area contributed by atoms with Gasteiger partial charge < -0.3 is 10.1 Å². The first-order chi connectivity index (χ1) is 15.2. The van der Waals surface area contributed by atoms with Crippen molar-refractivity contribution in [2.75, 3.05) is 24.3 Å². The van der Waals surface area contributed by atoms with Gasteiger partial charge in [0, 0.05) is 12.5 Å². The standard InChI is InChI=1S/C24H22N4O2S/c1-30-21-15-9-8-14-19(21)22(29)26-24-28-27-23(31-24)25-16-20(17-10-4-2-5-11-17)18-12-6-3-7-13-18/h2-15,20H,16H2,1H3,(H,25,27)(H,26,28,29). The third kappa shape index (κ3) is 5.07. The van der Waals surface area contributed by atoms with Gasteiger partial charge in [-0.15, -0.1) is 10.2 Å². The number of hydrogen-bond donors (Lipinski definition) is 2. The molecule has 156 valence electrons. The number of carbonyl (C=O) groups excluding carboxylic acids is 1. The Balaban J connectivity index is 1.45. The summed E-state index contributed by atoms with van der Waals surface area (Å²) in [6, 6.07) is 27.8. The summed E-state index contributed by atoms with van der Waals surface area (Å²) >= 11 is 1.30. The molecule has 0 fully saturated rings. The molecular weight excluding hydrogens is 408 g/mol. The lowest BCUT2D eigenvalue weighted by Crippen LogP contribution is -2.14. The van der Waals surface area contributed by atoms with E-state index in [4.69, 9.17) is 4.74 Å². The minimum atomic E-state index is -0.286. The summed E-state index contributed by atoms with van der Waals surface area (Å²) in [5.74, 6) is 0.390. The van der Waals surface area contributed by atoms with Gasteiger partial charge in [0.2, 0.25) is 10.3 Å². The van der Waals surface area contributed by atoms with Crippen LogP contribution in [0, 0.1) is 0 Å². The second kappa shape index (κ2) is 9.86. The molecule has 3 aromatic carbocycles. The Kier molecular flexibility index (Phi) is 6.54. The van der Waals surface area contributed by atoms with E-state index in [2.05, 4.69) is 45.1 Å². The fourth-order valence-corrected chi connectivity index (χ4v) is 3.98. The molecule has 1 heterocycles. The third-order valence-electron chi connectivity index (χ3n) is 4.86. The van der Waals surface area contributed by atoms with Gasteiger partial charge in [-0.1, -0.05) is 84.1 Å². The van der Waals surface area contributed by atoms with Crippen molar-refractivity contribution in [3.8, 4) is 5.75 Å². The maximum absolute atomic E-state index is 12.6. The highest BCUT2D eigenvalue weighted by Crippen LogP contribution is 2.27. The molecule has 0 bridgehead atoms. The predicted molar refractivity (Wildman–Crippen MR) is 124 cm³/mol. The van der Waals surface area contributed by atoms with Crippen LogP contribution in [0.4, 0.5) is 10.3 Å². The van der Waals surface area contributed by atoms with Crippen LogP contribution in [0.3, 0.4) is 0 Å². The number of benzene rings is 3. The molecule has 0 unspecified atom stereocenters. The lowest BCUT2D eigenvalue weighted by molar-refractivity contribution is 0.102. The van der Waals surface area contributed by atoms with Crippen molar-refractivity contribution in [1.29, 1.82) is 0 Å². The van der Waals surface area contributed by atoms with Crippen molar-refractivity contribution in [2.45, 2.75) is 5.92 Å². The summed E-state index contributed by atoms with van der Waals surface area (Å²) in [5.41, 5.74) is 2.88. The Morgan fingerprint density at radius 2 is 1.45 bits per heavy atom. The second-order valence-corrected chi connectivity index (χ2v) is 7.80. The fraction of sp³-hybridized carbons (Fsp3) is 0.125. The van der Waals surface area contributed by atoms with E-state index in [0.717, 1.165) is 0 Å². The zero-order valence-corrected chi connectivity index (χ0v) is 17.8. The average molecular weight is 431 g/mol. The van der Waals surface area contributed by atoms with Crippen LogP contribution in [0.1, 0.15) is 27.4 Å². The van der Waals surface area contributed by atoms with E-state index in [0.29, 0.717) is 28.1 Å². The fourth-order valence-electron chi connectivity index (χ4n) is 3.33. The highest BCUT2D eigenvalue weighted by Gasteiger charge is 2.17. The quantitative estimate of drug-likeness (QED) is 0.409. The van der Waals surface area contributed by atoms with Crippen molar-refractivity contribution in [2.24, 2.45) is 0 Å². The van der Waals surface area contributed by atoms with Crippen molar-refractivity contribution in [3.63, 3.8) is 0 Å². The lowest BCUT2D eigenvalue weighted by Gasteiger charge is -2.18. The van der Waals surface area contributed by atoms with Gasteiger partial charge in [0.15, 0.2) is 0 Å². The van der Waals surface area contributed by atoms with Crippen LogP contribution in [0.25, 0.3) is 0 Å². The Morgan fingerprint density at radius 3 is 2.10 bits per heavy atom. The van der Waals surface area contributed by atoms with E-state index < -0.39 is 0 Å². The smallest absolute Gasteiger partial charge is 0.261 e. The summed E-state index contributed by atoms with van der Waals surface area (Å²) in [6.07, 6.45) is 0. The third-order valence-corrected chi connectivity index (χ3v) is 5.65. The SMILES string of the molecule is COc1ccccc1C(=O)Nc1nnc(NCC(c2ccccc2)c2ccccc2)s1. The number of methoxy groups -OCH3 is 1. The summed E-state index contributed by atoms with van der Waals surface area (Å²) in [7, 11) is 1.54. The number of hydrogen-bond acceptors (Lipinski definition) is 6. The molecule has 7 heteroatoms. The Hall–Kier alpha value is -3.71. The van der Waals surface area contributed by atoms with Gasteiger partial charge >= 0.3 is 0 Å². The lowest BCUT2D eigenvalue weighted by atomic mass is 9.91. The molecule has 0 saturated carbocycles. The molecule has 0 aliphatic rings. The van der Waals surface area contributed by atoms with E-state index in [-0.39, 0.29) is 11.8 Å². The Bertz CT molecular complexity index is 1090. The minimum absolute atomic E-state index is 0.165. The largest absolute Gasteiger partial charge is 0.496 e. The first-order valence-corrected chi connectivity index (χ1v) is 10.7. The molecule has 0 spiro atoms. The minimum Gasteiger partial charge on any atom is -0.496 e. The Labute approximate surface area is 184 Å². The molecular formula is C24H22N4O2S. The van der Waals surface area contributed by atoms with Gasteiger partial charge in [-0.05, 0) is 23.3 Å². The maximum Gasteiger partial charge on any atom is 0.261 e. The predicted octanol–water partition coefficient (Wildman–Crippen LogP) is 5.04. The second-order valence-electron chi connectivity index (χ2n) is 6.82. The molecule has 6 nitrogen and oxygen atoms in total. The molecule has 0 atom stereocenters. The first kappa shape index (κ1) is 20.6. The van der Waals surface area contributed by atoms with Gasteiger partial charge in [0.05, 0.1) is 12.7 Å². The summed E-state index contributed by atoms with van der Waals surface area (Å²) in [6.45, 7) is 0.656. The normalized spacial score (nSPS) is 10.6. The van der Waals surface area contributed by atoms with Gasteiger partial charge in [0.1, 0.15) is 5.75 Å².